The van der Waals surface area contributed by atoms with Gasteiger partial charge in [0.1, 0.15) is 5.82 Å². The van der Waals surface area contributed by atoms with Crippen LogP contribution in [0, 0.1) is 6.92 Å². The highest BCUT2D eigenvalue weighted by atomic mass is 16.5. The molecule has 0 atom stereocenters. The van der Waals surface area contributed by atoms with E-state index >= 15 is 0 Å². The number of nitrogens with one attached hydrogen (secondary N) is 2. The summed E-state index contributed by atoms with van der Waals surface area (Å²) in [5.41, 5.74) is 0.399. The largest absolute Gasteiger partial charge is 0.481 e. The standard InChI is InChI=1S/C10H17N3O2/c1-7-9(14)12-8(5-4-6-11-2)13-10(7)15-3/h11H,4-6H2,1-3H3,(H,12,13,14). The predicted octanol–water partition coefficient (Wildman–Crippen LogP) is 0.239. The van der Waals surface area contributed by atoms with Gasteiger partial charge in [-0.05, 0) is 26.9 Å². The summed E-state index contributed by atoms with van der Waals surface area (Å²) in [5.74, 6) is 1.09. The first-order chi connectivity index (χ1) is 7.19. The van der Waals surface area contributed by atoms with E-state index in [9.17, 15) is 4.79 Å². The van der Waals surface area contributed by atoms with E-state index in [4.69, 9.17) is 4.74 Å². The molecule has 0 bridgehead atoms. The van der Waals surface area contributed by atoms with Crippen LogP contribution in [0.3, 0.4) is 0 Å². The van der Waals surface area contributed by atoms with Crippen molar-refractivity contribution in [2.75, 3.05) is 20.7 Å². The van der Waals surface area contributed by atoms with Gasteiger partial charge in [0.05, 0.1) is 12.7 Å². The van der Waals surface area contributed by atoms with Gasteiger partial charge in [0, 0.05) is 6.42 Å². The Labute approximate surface area is 88.9 Å². The van der Waals surface area contributed by atoms with Gasteiger partial charge in [-0.1, -0.05) is 0 Å². The van der Waals surface area contributed by atoms with E-state index in [0.717, 1.165) is 19.4 Å². The molecule has 0 aromatic carbocycles. The molecule has 15 heavy (non-hydrogen) atoms. The Morgan fingerprint density at radius 1 is 1.53 bits per heavy atom. The fourth-order valence-electron chi connectivity index (χ4n) is 1.31. The number of nitrogens with zero attached hydrogens (tertiary/aromatic N) is 1. The van der Waals surface area contributed by atoms with Crippen molar-refractivity contribution >= 4 is 0 Å². The van der Waals surface area contributed by atoms with E-state index in [2.05, 4.69) is 15.3 Å². The molecule has 84 valence electrons. The zero-order chi connectivity index (χ0) is 11.3. The predicted molar refractivity (Wildman–Crippen MR) is 58.4 cm³/mol. The minimum absolute atomic E-state index is 0.124. The van der Waals surface area contributed by atoms with Crippen LogP contribution in [-0.4, -0.2) is 30.7 Å². The smallest absolute Gasteiger partial charge is 0.257 e. The molecule has 0 radical (unpaired) electrons. The molecule has 1 aromatic heterocycles. The van der Waals surface area contributed by atoms with Crippen LogP contribution in [0.25, 0.3) is 0 Å². The molecule has 0 unspecified atom stereocenters. The molecule has 1 aromatic rings. The number of methoxy groups -OCH3 is 1. The summed E-state index contributed by atoms with van der Waals surface area (Å²) in [4.78, 5) is 18.4. The zero-order valence-electron chi connectivity index (χ0n) is 9.39. The highest BCUT2D eigenvalue weighted by molar-refractivity contribution is 5.21. The number of aryl methyl sites for hydroxylation is 1. The molecule has 0 aliphatic rings. The van der Waals surface area contributed by atoms with Crippen molar-refractivity contribution in [3.63, 3.8) is 0 Å². The van der Waals surface area contributed by atoms with Crippen molar-refractivity contribution in [2.24, 2.45) is 0 Å². The first-order valence-electron chi connectivity index (χ1n) is 4.97. The summed E-state index contributed by atoms with van der Waals surface area (Å²) in [6.45, 7) is 2.60. The molecule has 0 aliphatic carbocycles. The molecule has 1 rings (SSSR count). The lowest BCUT2D eigenvalue weighted by molar-refractivity contribution is 0.390. The Hall–Kier alpha value is -1.36. The first-order valence-corrected chi connectivity index (χ1v) is 4.97. The topological polar surface area (TPSA) is 67.0 Å². The van der Waals surface area contributed by atoms with Gasteiger partial charge in [0.15, 0.2) is 0 Å². The van der Waals surface area contributed by atoms with Crippen molar-refractivity contribution in [1.82, 2.24) is 15.3 Å². The number of aromatic nitrogens is 2. The van der Waals surface area contributed by atoms with Crippen LogP contribution < -0.4 is 15.6 Å². The van der Waals surface area contributed by atoms with Crippen LogP contribution in [-0.2, 0) is 6.42 Å². The molecule has 5 heteroatoms. The third-order valence-corrected chi connectivity index (χ3v) is 2.19. The summed E-state index contributed by atoms with van der Waals surface area (Å²) in [7, 11) is 3.41. The van der Waals surface area contributed by atoms with E-state index in [0.29, 0.717) is 17.3 Å². The second-order valence-electron chi connectivity index (χ2n) is 3.35. The van der Waals surface area contributed by atoms with Crippen molar-refractivity contribution in [2.45, 2.75) is 19.8 Å². The Balaban J connectivity index is 2.82. The maximum absolute atomic E-state index is 11.5. The van der Waals surface area contributed by atoms with Crippen molar-refractivity contribution in [1.29, 1.82) is 0 Å². The van der Waals surface area contributed by atoms with E-state index in [1.165, 1.54) is 7.11 Å². The Morgan fingerprint density at radius 2 is 2.27 bits per heavy atom. The molecule has 0 aliphatic heterocycles. The SMILES string of the molecule is CNCCCc1nc(OC)c(C)c(=O)[nH]1. The molecule has 2 N–H and O–H groups in total. The second-order valence-corrected chi connectivity index (χ2v) is 3.35. The molecular formula is C10H17N3O2. The lowest BCUT2D eigenvalue weighted by Gasteiger charge is -2.05. The van der Waals surface area contributed by atoms with Crippen molar-refractivity contribution in [3.8, 4) is 5.88 Å². The molecule has 0 amide bonds. The van der Waals surface area contributed by atoms with Crippen LogP contribution in [0.1, 0.15) is 17.8 Å². The minimum Gasteiger partial charge on any atom is -0.481 e. The zero-order valence-corrected chi connectivity index (χ0v) is 9.39. The van der Waals surface area contributed by atoms with Gasteiger partial charge in [0.2, 0.25) is 5.88 Å². The average molecular weight is 211 g/mol. The van der Waals surface area contributed by atoms with Crippen LogP contribution in [0.2, 0.25) is 0 Å². The number of hydrogen-bond donors (Lipinski definition) is 2. The summed E-state index contributed by atoms with van der Waals surface area (Å²) < 4.78 is 5.03. The van der Waals surface area contributed by atoms with Crippen molar-refractivity contribution in [3.05, 3.63) is 21.7 Å². The van der Waals surface area contributed by atoms with Crippen LogP contribution >= 0.6 is 0 Å². The Bertz CT molecular complexity index is 373. The van der Waals surface area contributed by atoms with Gasteiger partial charge in [-0.25, -0.2) is 0 Å². The van der Waals surface area contributed by atoms with Gasteiger partial charge < -0.3 is 15.0 Å². The number of ether oxygens (including phenoxy) is 1. The van der Waals surface area contributed by atoms with Crippen LogP contribution in [0.5, 0.6) is 5.88 Å². The fourth-order valence-corrected chi connectivity index (χ4v) is 1.31. The molecular weight excluding hydrogens is 194 g/mol. The Kier molecular flexibility index (Phi) is 4.30. The maximum atomic E-state index is 11.5. The van der Waals surface area contributed by atoms with E-state index in [-0.39, 0.29) is 5.56 Å². The molecule has 0 fully saturated rings. The van der Waals surface area contributed by atoms with E-state index < -0.39 is 0 Å². The normalized spacial score (nSPS) is 10.3. The van der Waals surface area contributed by atoms with Crippen molar-refractivity contribution < 1.29 is 4.74 Å². The van der Waals surface area contributed by atoms with Gasteiger partial charge in [0.25, 0.3) is 5.56 Å². The highest BCUT2D eigenvalue weighted by Crippen LogP contribution is 2.08. The van der Waals surface area contributed by atoms with E-state index in [1.807, 2.05) is 7.05 Å². The molecule has 0 saturated carbocycles. The van der Waals surface area contributed by atoms with E-state index in [1.54, 1.807) is 6.92 Å². The third kappa shape index (κ3) is 3.06. The summed E-state index contributed by atoms with van der Waals surface area (Å²) in [6.07, 6.45) is 1.68. The fraction of sp³-hybridized carbons (Fsp3) is 0.600. The number of aromatic amines is 1. The van der Waals surface area contributed by atoms with Gasteiger partial charge in [-0.2, -0.15) is 4.98 Å². The van der Waals surface area contributed by atoms with Crippen LogP contribution in [0.4, 0.5) is 0 Å². The summed E-state index contributed by atoms with van der Waals surface area (Å²) in [6, 6.07) is 0. The summed E-state index contributed by atoms with van der Waals surface area (Å²) in [5, 5.41) is 3.04. The first kappa shape index (κ1) is 11.7. The highest BCUT2D eigenvalue weighted by Gasteiger charge is 2.06. The lowest BCUT2D eigenvalue weighted by atomic mass is 10.3. The summed E-state index contributed by atoms with van der Waals surface area (Å²) >= 11 is 0. The minimum atomic E-state index is -0.124. The average Bonchev–Trinajstić information content (AvgIpc) is 2.23. The monoisotopic (exact) mass is 211 g/mol. The number of rotatable bonds is 5. The molecule has 1 heterocycles. The third-order valence-electron chi connectivity index (χ3n) is 2.19. The van der Waals surface area contributed by atoms with Gasteiger partial charge in [-0.15, -0.1) is 0 Å². The molecule has 5 nitrogen and oxygen atoms in total. The molecule has 0 spiro atoms. The van der Waals surface area contributed by atoms with Gasteiger partial charge in [-0.3, -0.25) is 4.79 Å². The number of hydrogen-bond acceptors (Lipinski definition) is 4. The second kappa shape index (κ2) is 5.50. The molecule has 0 saturated heterocycles. The van der Waals surface area contributed by atoms with Crippen LogP contribution in [0.15, 0.2) is 4.79 Å². The number of H-pyrrole nitrogens is 1. The Morgan fingerprint density at radius 3 is 2.87 bits per heavy atom. The lowest BCUT2D eigenvalue weighted by Crippen LogP contribution is -2.17. The maximum Gasteiger partial charge on any atom is 0.257 e. The quantitative estimate of drug-likeness (QED) is 0.685. The van der Waals surface area contributed by atoms with Gasteiger partial charge >= 0.3 is 0 Å².